The van der Waals surface area contributed by atoms with E-state index in [0.717, 1.165) is 20.3 Å². The Hall–Kier alpha value is -3.56. The summed E-state index contributed by atoms with van der Waals surface area (Å²) in [5.41, 5.74) is 2.03. The molecule has 1 saturated heterocycles. The topological polar surface area (TPSA) is 103 Å². The van der Waals surface area contributed by atoms with E-state index in [4.69, 9.17) is 10.00 Å². The molecular weight excluding hydrogens is 617 g/mol. The lowest BCUT2D eigenvalue weighted by Crippen LogP contribution is -2.58. The molecule has 2 atom stereocenters. The smallest absolute Gasteiger partial charge is 0.351 e. The van der Waals surface area contributed by atoms with Gasteiger partial charge >= 0.3 is 5.69 Å². The SMILES string of the molecule is N#CCCNc1nc(=O)n([C@H]2CN(C(c3ccccc3)(c3ccccc3)c3ccccc3)C[C@@H](CO)O2)cc1I. The fourth-order valence-corrected chi connectivity index (χ4v) is 6.05. The van der Waals surface area contributed by atoms with E-state index in [1.807, 2.05) is 54.6 Å². The Morgan fingerprint density at radius 2 is 1.52 bits per heavy atom. The van der Waals surface area contributed by atoms with Gasteiger partial charge in [-0.05, 0) is 39.3 Å². The highest BCUT2D eigenvalue weighted by atomic mass is 127. The van der Waals surface area contributed by atoms with Gasteiger partial charge in [0.1, 0.15) is 5.82 Å². The summed E-state index contributed by atoms with van der Waals surface area (Å²) in [6, 6.07) is 33.0. The van der Waals surface area contributed by atoms with Crippen LogP contribution in [0.1, 0.15) is 29.3 Å². The van der Waals surface area contributed by atoms with Gasteiger partial charge in [0.25, 0.3) is 0 Å². The zero-order chi connectivity index (χ0) is 28.0. The van der Waals surface area contributed by atoms with E-state index < -0.39 is 23.6 Å². The molecule has 0 bridgehead atoms. The van der Waals surface area contributed by atoms with E-state index in [1.165, 1.54) is 4.57 Å². The molecule has 1 aromatic heterocycles. The maximum atomic E-state index is 13.3. The number of aliphatic hydroxyl groups excluding tert-OH is 1. The molecule has 1 aliphatic heterocycles. The van der Waals surface area contributed by atoms with Crippen LogP contribution in [0.2, 0.25) is 0 Å². The van der Waals surface area contributed by atoms with Crippen LogP contribution in [0.5, 0.6) is 0 Å². The molecule has 3 aromatic carbocycles. The molecule has 0 radical (unpaired) electrons. The molecule has 4 aromatic rings. The monoisotopic (exact) mass is 647 g/mol. The predicted octanol–water partition coefficient (Wildman–Crippen LogP) is 4.36. The van der Waals surface area contributed by atoms with Crippen molar-refractivity contribution in [2.24, 2.45) is 0 Å². The van der Waals surface area contributed by atoms with Crippen LogP contribution in [0.25, 0.3) is 0 Å². The standard InChI is InChI=1S/C31H30IN5O3/c32-27-20-37(30(39)35-29(27)34-18-10-17-33)28-21-36(19-26(22-38)40-28)31(23-11-4-1-5-12-23,24-13-6-2-7-14-24)25-15-8-3-9-16-25/h1-9,11-16,20,26,28,38H,10,18-19,21-22H2,(H,34,35,39)/t26-,28+/m0/s1. The van der Waals surface area contributed by atoms with Crippen molar-refractivity contribution < 1.29 is 9.84 Å². The Bertz CT molecular complexity index is 1410. The van der Waals surface area contributed by atoms with E-state index >= 15 is 0 Å². The molecule has 0 saturated carbocycles. The van der Waals surface area contributed by atoms with Crippen molar-refractivity contribution in [3.63, 3.8) is 0 Å². The van der Waals surface area contributed by atoms with Crippen molar-refractivity contribution in [2.75, 3.05) is 31.6 Å². The van der Waals surface area contributed by atoms with E-state index in [1.54, 1.807) is 6.20 Å². The largest absolute Gasteiger partial charge is 0.394 e. The minimum Gasteiger partial charge on any atom is -0.394 e. The van der Waals surface area contributed by atoms with Crippen molar-refractivity contribution in [3.8, 4) is 6.07 Å². The van der Waals surface area contributed by atoms with Crippen molar-refractivity contribution >= 4 is 28.4 Å². The highest BCUT2D eigenvalue weighted by Crippen LogP contribution is 2.44. The summed E-state index contributed by atoms with van der Waals surface area (Å²) in [5.74, 6) is 0.440. The maximum absolute atomic E-state index is 13.3. The first-order valence-electron chi connectivity index (χ1n) is 13.2. The number of ether oxygens (including phenoxy) is 1. The number of nitrogens with zero attached hydrogens (tertiary/aromatic N) is 4. The van der Waals surface area contributed by atoms with Gasteiger partial charge in [0.05, 0.1) is 34.3 Å². The third kappa shape index (κ3) is 5.53. The summed E-state index contributed by atoms with van der Waals surface area (Å²) in [4.78, 5) is 19.8. The molecule has 0 unspecified atom stereocenters. The molecule has 2 heterocycles. The lowest BCUT2D eigenvalue weighted by Gasteiger charge is -2.50. The van der Waals surface area contributed by atoms with Gasteiger partial charge in [-0.3, -0.25) is 9.47 Å². The van der Waals surface area contributed by atoms with Crippen molar-refractivity contribution in [3.05, 3.63) is 128 Å². The number of benzene rings is 3. The minimum atomic E-state index is -0.720. The van der Waals surface area contributed by atoms with Crippen LogP contribution in [0, 0.1) is 14.9 Å². The summed E-state index contributed by atoms with van der Waals surface area (Å²) in [6.45, 7) is 1.01. The van der Waals surface area contributed by atoms with E-state index in [-0.39, 0.29) is 6.61 Å². The highest BCUT2D eigenvalue weighted by Gasteiger charge is 2.46. The third-order valence-corrected chi connectivity index (χ3v) is 7.94. The first kappa shape index (κ1) is 28.0. The summed E-state index contributed by atoms with van der Waals surface area (Å²) in [7, 11) is 0. The molecule has 1 aliphatic rings. The van der Waals surface area contributed by atoms with Gasteiger partial charge in [-0.15, -0.1) is 0 Å². The zero-order valence-corrected chi connectivity index (χ0v) is 24.0. The number of anilines is 1. The number of aliphatic hydroxyl groups is 1. The van der Waals surface area contributed by atoms with E-state index in [0.29, 0.717) is 31.9 Å². The summed E-state index contributed by atoms with van der Waals surface area (Å²) >= 11 is 2.13. The average Bonchev–Trinajstić information content (AvgIpc) is 3.00. The van der Waals surface area contributed by atoms with Gasteiger partial charge in [-0.2, -0.15) is 10.2 Å². The molecule has 9 heteroatoms. The van der Waals surface area contributed by atoms with Crippen LogP contribution in [0.4, 0.5) is 5.82 Å². The zero-order valence-electron chi connectivity index (χ0n) is 21.9. The van der Waals surface area contributed by atoms with Gasteiger partial charge < -0.3 is 15.2 Å². The van der Waals surface area contributed by atoms with Gasteiger partial charge in [0, 0.05) is 25.8 Å². The van der Waals surface area contributed by atoms with Crippen LogP contribution in [-0.4, -0.2) is 51.9 Å². The molecule has 1 fully saturated rings. The van der Waals surface area contributed by atoms with Crippen molar-refractivity contribution in [2.45, 2.75) is 24.3 Å². The van der Waals surface area contributed by atoms with Crippen LogP contribution in [-0.2, 0) is 10.3 Å². The number of nitrogens with one attached hydrogen (secondary N) is 1. The second kappa shape index (κ2) is 12.7. The fraction of sp³-hybridized carbons (Fsp3) is 0.258. The Labute approximate surface area is 247 Å². The third-order valence-electron chi connectivity index (χ3n) is 7.15. The molecule has 204 valence electrons. The number of aromatic nitrogens is 2. The molecular formula is C31H30IN5O3. The van der Waals surface area contributed by atoms with Crippen LogP contribution >= 0.6 is 22.6 Å². The number of halogens is 1. The Balaban J connectivity index is 1.64. The van der Waals surface area contributed by atoms with Crippen molar-refractivity contribution in [1.29, 1.82) is 5.26 Å². The first-order chi connectivity index (χ1) is 19.6. The average molecular weight is 648 g/mol. The van der Waals surface area contributed by atoms with Gasteiger partial charge in [-0.1, -0.05) is 91.0 Å². The molecule has 40 heavy (non-hydrogen) atoms. The second-order valence-corrected chi connectivity index (χ2v) is 10.7. The Kier molecular flexibility index (Phi) is 8.91. The Morgan fingerprint density at radius 3 is 2.02 bits per heavy atom. The Morgan fingerprint density at radius 1 is 0.975 bits per heavy atom. The highest BCUT2D eigenvalue weighted by molar-refractivity contribution is 14.1. The second-order valence-electron chi connectivity index (χ2n) is 9.57. The number of rotatable bonds is 9. The summed E-state index contributed by atoms with van der Waals surface area (Å²) in [5, 5.41) is 22.3. The van der Waals surface area contributed by atoms with E-state index in [2.05, 4.69) is 80.3 Å². The lowest BCUT2D eigenvalue weighted by atomic mass is 9.75. The molecule has 0 aliphatic carbocycles. The normalized spacial score (nSPS) is 17.7. The van der Waals surface area contributed by atoms with Crippen LogP contribution < -0.4 is 11.0 Å². The van der Waals surface area contributed by atoms with Gasteiger partial charge in [0.15, 0.2) is 6.23 Å². The minimum absolute atomic E-state index is 0.200. The van der Waals surface area contributed by atoms with Crippen LogP contribution in [0.15, 0.2) is 102 Å². The van der Waals surface area contributed by atoms with E-state index in [9.17, 15) is 9.90 Å². The number of nitriles is 1. The molecule has 8 nitrogen and oxygen atoms in total. The van der Waals surface area contributed by atoms with Crippen molar-refractivity contribution in [1.82, 2.24) is 14.5 Å². The fourth-order valence-electron chi connectivity index (χ4n) is 5.44. The first-order valence-corrected chi connectivity index (χ1v) is 14.2. The quantitative estimate of drug-likeness (QED) is 0.158. The molecule has 0 spiro atoms. The summed E-state index contributed by atoms with van der Waals surface area (Å²) in [6.07, 6.45) is 0.804. The molecule has 0 amide bonds. The number of hydrogen-bond acceptors (Lipinski definition) is 7. The van der Waals surface area contributed by atoms with Gasteiger partial charge in [0.2, 0.25) is 0 Å². The predicted molar refractivity (Wildman–Crippen MR) is 162 cm³/mol. The van der Waals surface area contributed by atoms with Crippen LogP contribution in [0.3, 0.4) is 0 Å². The lowest BCUT2D eigenvalue weighted by molar-refractivity contribution is -0.151. The number of hydrogen-bond donors (Lipinski definition) is 2. The molecule has 2 N–H and O–H groups in total. The maximum Gasteiger partial charge on any atom is 0.351 e. The molecule has 5 rings (SSSR count). The number of morpholine rings is 1. The van der Waals surface area contributed by atoms with Gasteiger partial charge in [-0.25, -0.2) is 4.79 Å². The summed E-state index contributed by atoms with van der Waals surface area (Å²) < 4.78 is 8.52.